The standard InChI is InChI=1S/C26H19N3O4.C2H6.3CHNS.Ru/c1-16-2-4-17(5-3-16)6-7-18-8-10-27-21(12-18)23-14-20(26(32)33)15-24(29-23)22-13-19(25(30)31)9-11-28-22;1-2;3*2-1-3;/h2-5,8-10,12-15,23H,11H2,1H3,(H,30,31)(H,32,33);1-2H3;3*3H;/q-2;;;;;+5/p-3. The zero-order valence-corrected chi connectivity index (χ0v) is 28.3. The number of aliphatic carboxylic acids is 2. The fourth-order valence-corrected chi connectivity index (χ4v) is 3.28. The number of hydrogen-bond donors (Lipinski definition) is 2. The number of benzene rings is 1. The Morgan fingerprint density at radius 3 is 1.91 bits per heavy atom. The van der Waals surface area contributed by atoms with Crippen molar-refractivity contribution < 1.29 is 39.3 Å². The molecule has 0 fully saturated rings. The summed E-state index contributed by atoms with van der Waals surface area (Å²) in [5.74, 6) is 4.01. The second-order valence-electron chi connectivity index (χ2n) is 7.72. The van der Waals surface area contributed by atoms with E-state index in [4.69, 9.17) is 15.8 Å². The Morgan fingerprint density at radius 2 is 1.38 bits per heavy atom. The molecule has 1 aromatic heterocycles. The molecule has 2 aromatic rings. The van der Waals surface area contributed by atoms with E-state index in [-0.39, 0.29) is 37.2 Å². The molecule has 2 aliphatic heterocycles. The Kier molecular flexibility index (Phi) is 23.1. The largest absolute Gasteiger partial charge is 5.00 e. The number of thiocyanates is 3. The summed E-state index contributed by atoms with van der Waals surface area (Å²) in [5.41, 5.74) is 4.02. The van der Waals surface area contributed by atoms with E-state index >= 15 is 0 Å². The SMILES string of the molecule is CC.Cc1ccc(C#Cc2ccnc(C3C=C(C(=O)O)C=C(C4=CC(C(=O)O)=CC[N-]4)[N-]3)c2)cc1.N#C[S-].N#C[S-].N#C[S-].[Ru+5]. The molecule has 0 amide bonds. The van der Waals surface area contributed by atoms with Gasteiger partial charge in [0, 0.05) is 23.0 Å². The third kappa shape index (κ3) is 16.0. The van der Waals surface area contributed by atoms with Gasteiger partial charge in [-0.25, -0.2) is 25.4 Å². The van der Waals surface area contributed by atoms with Gasteiger partial charge in [0.1, 0.15) is 0 Å². The van der Waals surface area contributed by atoms with Crippen molar-refractivity contribution in [3.05, 3.63) is 122 Å². The number of nitriles is 3. The molecule has 3 heterocycles. The average molecular weight is 743 g/mol. The number of carboxylic acid groups (broad SMARTS) is 2. The second kappa shape index (κ2) is 24.6. The Labute approximate surface area is 292 Å². The fraction of sp³-hybridized carbons (Fsp3) is 0.161. The third-order valence-corrected chi connectivity index (χ3v) is 5.02. The van der Waals surface area contributed by atoms with Crippen LogP contribution < -0.4 is 0 Å². The van der Waals surface area contributed by atoms with Gasteiger partial charge in [-0.15, -0.1) is 6.54 Å². The van der Waals surface area contributed by atoms with Crippen molar-refractivity contribution in [1.29, 1.82) is 15.8 Å². The van der Waals surface area contributed by atoms with E-state index in [2.05, 4.69) is 65.3 Å². The molecule has 1 unspecified atom stereocenters. The Hall–Kier alpha value is -4.82. The molecule has 1 radical (unpaired) electrons. The van der Waals surface area contributed by atoms with Gasteiger partial charge in [-0.05, 0) is 31.2 Å². The number of hydrogen-bond acceptors (Lipinski definition) is 9. The van der Waals surface area contributed by atoms with Gasteiger partial charge in [0.25, 0.3) is 0 Å². The molecule has 229 valence electrons. The first-order chi connectivity index (χ1) is 21.1. The van der Waals surface area contributed by atoms with Gasteiger partial charge in [0.15, 0.2) is 0 Å². The van der Waals surface area contributed by atoms with E-state index in [0.29, 0.717) is 17.1 Å². The monoisotopic (exact) mass is 743 g/mol. The minimum Gasteiger partial charge on any atom is -0.696 e. The minimum atomic E-state index is -1.12. The molecular weight excluding hydrogens is 718 g/mol. The maximum absolute atomic E-state index is 11.7. The van der Waals surface area contributed by atoms with Gasteiger partial charge < -0.3 is 58.7 Å². The van der Waals surface area contributed by atoms with Crippen LogP contribution in [0.5, 0.6) is 0 Å². The Bertz CT molecular complexity index is 1580. The first kappa shape index (κ1) is 42.3. The van der Waals surface area contributed by atoms with Gasteiger partial charge in [-0.1, -0.05) is 89.9 Å². The third-order valence-electron chi connectivity index (χ3n) is 5.02. The van der Waals surface area contributed by atoms with E-state index in [0.717, 1.165) is 16.7 Å². The molecule has 4 rings (SSSR count). The van der Waals surface area contributed by atoms with Gasteiger partial charge >= 0.3 is 31.4 Å². The summed E-state index contributed by atoms with van der Waals surface area (Å²) in [5, 5.41) is 53.2. The molecule has 0 bridgehead atoms. The summed E-state index contributed by atoms with van der Waals surface area (Å²) in [6.07, 6.45) is 7.37. The van der Waals surface area contributed by atoms with Crippen molar-refractivity contribution in [2.24, 2.45) is 0 Å². The van der Waals surface area contributed by atoms with Crippen LogP contribution in [0.1, 0.15) is 42.3 Å². The Balaban J connectivity index is 0. The van der Waals surface area contributed by atoms with Gasteiger partial charge in [0.05, 0.1) is 11.1 Å². The molecule has 14 heteroatoms. The van der Waals surface area contributed by atoms with Crippen LogP contribution in [-0.2, 0) is 67.0 Å². The average Bonchev–Trinajstić information content (AvgIpc) is 3.03. The minimum absolute atomic E-state index is 0. The normalized spacial score (nSPS) is 13.1. The van der Waals surface area contributed by atoms with E-state index < -0.39 is 18.0 Å². The number of carboxylic acids is 2. The van der Waals surface area contributed by atoms with Crippen LogP contribution >= 0.6 is 0 Å². The second-order valence-corrected chi connectivity index (χ2v) is 8.27. The van der Waals surface area contributed by atoms with Crippen LogP contribution in [0.4, 0.5) is 0 Å². The first-order valence-electron chi connectivity index (χ1n) is 12.4. The van der Waals surface area contributed by atoms with Crippen LogP contribution in [0.3, 0.4) is 0 Å². The van der Waals surface area contributed by atoms with E-state index in [1.54, 1.807) is 18.3 Å². The molecule has 0 spiro atoms. The summed E-state index contributed by atoms with van der Waals surface area (Å²) in [6.45, 7) is 6.19. The number of aromatic nitrogens is 1. The van der Waals surface area contributed by atoms with Crippen LogP contribution in [0.25, 0.3) is 10.6 Å². The summed E-state index contributed by atoms with van der Waals surface area (Å²) in [4.78, 5) is 27.4. The van der Waals surface area contributed by atoms with E-state index in [1.807, 2.05) is 45.0 Å². The molecule has 0 saturated carbocycles. The van der Waals surface area contributed by atoms with Crippen molar-refractivity contribution in [1.82, 2.24) is 4.98 Å². The van der Waals surface area contributed by atoms with E-state index in [1.165, 1.54) is 40.5 Å². The van der Waals surface area contributed by atoms with E-state index in [9.17, 15) is 19.8 Å². The van der Waals surface area contributed by atoms with Crippen LogP contribution in [0, 0.1) is 50.8 Å². The van der Waals surface area contributed by atoms with Crippen LogP contribution in [0.2, 0.25) is 0 Å². The number of carbonyl (C=O) groups is 2. The molecule has 0 aliphatic carbocycles. The summed E-state index contributed by atoms with van der Waals surface area (Å²) in [7, 11) is 0. The first-order valence-corrected chi connectivity index (χ1v) is 13.6. The smallest absolute Gasteiger partial charge is 0.696 e. The molecule has 2 N–H and O–H groups in total. The van der Waals surface area contributed by atoms with Crippen molar-refractivity contribution >= 4 is 49.8 Å². The molecule has 10 nitrogen and oxygen atoms in total. The van der Waals surface area contributed by atoms with Gasteiger partial charge in [0.2, 0.25) is 0 Å². The fourth-order valence-electron chi connectivity index (χ4n) is 3.28. The molecule has 2 aliphatic rings. The quantitative estimate of drug-likeness (QED) is 0.175. The maximum atomic E-state index is 11.7. The van der Waals surface area contributed by atoms with Crippen molar-refractivity contribution in [3.63, 3.8) is 0 Å². The van der Waals surface area contributed by atoms with Crippen molar-refractivity contribution in [2.45, 2.75) is 26.8 Å². The zero-order chi connectivity index (χ0) is 33.5. The summed E-state index contributed by atoms with van der Waals surface area (Å²) in [6, 6.07) is 10.7. The summed E-state index contributed by atoms with van der Waals surface area (Å²) >= 11 is 11.1. The molecule has 45 heavy (non-hydrogen) atoms. The van der Waals surface area contributed by atoms with Crippen LogP contribution in [0.15, 0.2) is 89.4 Å². The number of rotatable bonds is 4. The number of pyridine rings is 1. The molecular formula is C31H25N6O4RuS3. The van der Waals surface area contributed by atoms with Gasteiger partial charge in [-0.2, -0.15) is 11.4 Å². The van der Waals surface area contributed by atoms with Crippen molar-refractivity contribution in [3.8, 4) is 28.0 Å². The number of nitrogens with zero attached hydrogens (tertiary/aromatic N) is 6. The predicted octanol–water partition coefficient (Wildman–Crippen LogP) is 5.46. The molecule has 1 aromatic carbocycles. The molecule has 0 saturated heterocycles. The maximum Gasteiger partial charge on any atom is 5.00 e. The Morgan fingerprint density at radius 1 is 0.867 bits per heavy atom. The van der Waals surface area contributed by atoms with Crippen molar-refractivity contribution in [2.75, 3.05) is 6.54 Å². The number of aryl methyl sites for hydroxylation is 1. The zero-order valence-electron chi connectivity index (χ0n) is 24.1. The topological polar surface area (TPSA) is 187 Å². The van der Waals surface area contributed by atoms with Crippen LogP contribution in [-0.4, -0.2) is 33.7 Å². The van der Waals surface area contributed by atoms with Gasteiger partial charge in [-0.3, -0.25) is 4.98 Å². The predicted molar refractivity (Wildman–Crippen MR) is 174 cm³/mol. The summed E-state index contributed by atoms with van der Waals surface area (Å²) < 4.78 is 0. The molecule has 1 atom stereocenters.